The minimum atomic E-state index is -1.52. The molecule has 0 spiro atoms. The number of fused-ring (bicyclic) bond motifs is 1. The van der Waals surface area contributed by atoms with Crippen LogP contribution in [0.15, 0.2) is 30.4 Å². The molecule has 2 atom stereocenters. The van der Waals surface area contributed by atoms with Crippen molar-refractivity contribution in [3.63, 3.8) is 0 Å². The van der Waals surface area contributed by atoms with Gasteiger partial charge in [-0.1, -0.05) is 30.7 Å². The van der Waals surface area contributed by atoms with Gasteiger partial charge in [0.1, 0.15) is 0 Å². The summed E-state index contributed by atoms with van der Waals surface area (Å²) >= 11 is 6.20. The van der Waals surface area contributed by atoms with Crippen LogP contribution in [0.3, 0.4) is 0 Å². The summed E-state index contributed by atoms with van der Waals surface area (Å²) in [6.07, 6.45) is 3.12. The zero-order valence-corrected chi connectivity index (χ0v) is 18.0. The number of hydrogen-bond acceptors (Lipinski definition) is 6. The van der Waals surface area contributed by atoms with Gasteiger partial charge in [-0.3, -0.25) is 9.59 Å². The first-order chi connectivity index (χ1) is 13.8. The lowest BCUT2D eigenvalue weighted by Gasteiger charge is -2.42. The van der Waals surface area contributed by atoms with E-state index in [4.69, 9.17) is 25.8 Å². The first kappa shape index (κ1) is 22.9. The second-order valence-corrected chi connectivity index (χ2v) is 7.29. The van der Waals surface area contributed by atoms with Crippen LogP contribution >= 0.6 is 11.6 Å². The van der Waals surface area contributed by atoms with E-state index in [0.29, 0.717) is 5.02 Å². The molecule has 0 aromatic heterocycles. The average molecular weight is 423 g/mol. The van der Waals surface area contributed by atoms with Gasteiger partial charge in [-0.15, -0.1) is 0 Å². The lowest BCUT2D eigenvalue weighted by molar-refractivity contribution is -0.177. The Hall–Kier alpha value is -2.34. The number of esters is 3. The summed E-state index contributed by atoms with van der Waals surface area (Å²) in [6, 6.07) is 5.30. The molecule has 0 saturated heterocycles. The quantitative estimate of drug-likeness (QED) is 0.287. The fourth-order valence-corrected chi connectivity index (χ4v) is 4.02. The second kappa shape index (κ2) is 9.92. The second-order valence-electron chi connectivity index (χ2n) is 6.86. The molecule has 1 aromatic rings. The SMILES string of the molecule is CCOC(=O)/C=C/[C@H]1c2cc(Cl)ccc2CC(C(=O)OCC)(C(=O)OCC)[C@H]1C. The van der Waals surface area contributed by atoms with Gasteiger partial charge < -0.3 is 14.2 Å². The number of benzene rings is 1. The van der Waals surface area contributed by atoms with Gasteiger partial charge in [-0.25, -0.2) is 4.79 Å². The summed E-state index contributed by atoms with van der Waals surface area (Å²) in [5.41, 5.74) is 0.123. The van der Waals surface area contributed by atoms with Crippen LogP contribution in [0.1, 0.15) is 44.7 Å². The summed E-state index contributed by atoms with van der Waals surface area (Å²) in [5.74, 6) is -2.71. The number of carbonyl (C=O) groups excluding carboxylic acids is 3. The molecule has 0 bridgehead atoms. The molecule has 0 heterocycles. The lowest BCUT2D eigenvalue weighted by atomic mass is 9.60. The minimum absolute atomic E-state index is 0.141. The number of hydrogen-bond donors (Lipinski definition) is 0. The molecule has 7 heteroatoms. The number of allylic oxidation sites excluding steroid dienone is 1. The number of rotatable bonds is 7. The maximum absolute atomic E-state index is 13.0. The Morgan fingerprint density at radius 2 is 1.66 bits per heavy atom. The maximum atomic E-state index is 13.0. The number of halogens is 1. The van der Waals surface area contributed by atoms with Crippen molar-refractivity contribution in [2.45, 2.75) is 40.0 Å². The predicted molar refractivity (Wildman–Crippen MR) is 109 cm³/mol. The number of ether oxygens (including phenoxy) is 3. The van der Waals surface area contributed by atoms with Crippen molar-refractivity contribution in [2.75, 3.05) is 19.8 Å². The Labute approximate surface area is 176 Å². The largest absolute Gasteiger partial charge is 0.465 e. The van der Waals surface area contributed by atoms with E-state index in [2.05, 4.69) is 0 Å². The molecule has 1 aliphatic carbocycles. The van der Waals surface area contributed by atoms with Crippen molar-refractivity contribution >= 4 is 29.5 Å². The molecule has 1 aliphatic rings. The van der Waals surface area contributed by atoms with Crippen molar-refractivity contribution in [3.05, 3.63) is 46.5 Å². The topological polar surface area (TPSA) is 78.9 Å². The average Bonchev–Trinajstić information content (AvgIpc) is 2.67. The van der Waals surface area contributed by atoms with Crippen LogP contribution in [0.2, 0.25) is 5.02 Å². The summed E-state index contributed by atoms with van der Waals surface area (Å²) < 4.78 is 15.6. The van der Waals surface area contributed by atoms with Crippen molar-refractivity contribution in [1.82, 2.24) is 0 Å². The molecule has 6 nitrogen and oxygen atoms in total. The predicted octanol–water partition coefficient (Wildman–Crippen LogP) is 3.85. The Kier molecular flexibility index (Phi) is 7.85. The highest BCUT2D eigenvalue weighted by Gasteiger charge is 2.57. The standard InChI is InChI=1S/C22H27ClO6/c1-5-27-19(24)11-10-17-14(4)22(20(25)28-6-2,21(26)29-7-3)13-15-8-9-16(23)12-18(15)17/h8-12,14,17H,5-7,13H2,1-4H3/b11-10+/t14-,17+/m0/s1. The van der Waals surface area contributed by atoms with Crippen LogP contribution in [-0.2, 0) is 35.0 Å². The van der Waals surface area contributed by atoms with Crippen molar-refractivity contribution in [3.8, 4) is 0 Å². The Bertz CT molecular complexity index is 782. The molecule has 0 amide bonds. The highest BCUT2D eigenvalue weighted by atomic mass is 35.5. The smallest absolute Gasteiger partial charge is 0.330 e. The Morgan fingerprint density at radius 1 is 1.07 bits per heavy atom. The van der Waals surface area contributed by atoms with Crippen LogP contribution in [-0.4, -0.2) is 37.7 Å². The molecule has 29 heavy (non-hydrogen) atoms. The van der Waals surface area contributed by atoms with Crippen LogP contribution in [0.25, 0.3) is 0 Å². The monoisotopic (exact) mass is 422 g/mol. The molecule has 158 valence electrons. The Morgan fingerprint density at radius 3 is 2.21 bits per heavy atom. The van der Waals surface area contributed by atoms with Crippen molar-refractivity contribution in [1.29, 1.82) is 0 Å². The van der Waals surface area contributed by atoms with E-state index in [0.717, 1.165) is 11.1 Å². The van der Waals surface area contributed by atoms with Gasteiger partial charge in [0.2, 0.25) is 0 Å². The molecule has 0 saturated carbocycles. The van der Waals surface area contributed by atoms with Gasteiger partial charge in [0.15, 0.2) is 5.41 Å². The molecular weight excluding hydrogens is 396 g/mol. The van der Waals surface area contributed by atoms with Crippen LogP contribution < -0.4 is 0 Å². The van der Waals surface area contributed by atoms with E-state index in [1.54, 1.807) is 52.0 Å². The number of carbonyl (C=O) groups is 3. The van der Waals surface area contributed by atoms with Crippen molar-refractivity contribution < 1.29 is 28.6 Å². The minimum Gasteiger partial charge on any atom is -0.465 e. The maximum Gasteiger partial charge on any atom is 0.330 e. The van der Waals surface area contributed by atoms with Gasteiger partial charge in [0.05, 0.1) is 19.8 Å². The molecular formula is C22H27ClO6. The summed E-state index contributed by atoms with van der Waals surface area (Å²) in [7, 11) is 0. The fourth-order valence-electron chi connectivity index (χ4n) is 3.84. The van der Waals surface area contributed by atoms with E-state index in [1.807, 2.05) is 0 Å². The van der Waals surface area contributed by atoms with Crippen LogP contribution in [0.5, 0.6) is 0 Å². The van der Waals surface area contributed by atoms with E-state index >= 15 is 0 Å². The third-order valence-corrected chi connectivity index (χ3v) is 5.49. The van der Waals surface area contributed by atoms with Gasteiger partial charge >= 0.3 is 17.9 Å². The molecule has 1 aromatic carbocycles. The Balaban J connectivity index is 2.62. The van der Waals surface area contributed by atoms with Gasteiger partial charge in [0.25, 0.3) is 0 Å². The molecule has 0 fully saturated rings. The van der Waals surface area contributed by atoms with Crippen LogP contribution in [0, 0.1) is 11.3 Å². The normalized spacial score (nSPS) is 20.0. The van der Waals surface area contributed by atoms with E-state index in [-0.39, 0.29) is 26.2 Å². The molecule has 2 rings (SSSR count). The first-order valence-corrected chi connectivity index (χ1v) is 10.2. The molecule has 0 radical (unpaired) electrons. The van der Waals surface area contributed by atoms with E-state index in [1.165, 1.54) is 6.08 Å². The summed E-state index contributed by atoms with van der Waals surface area (Å²) in [5, 5.41) is 0.533. The zero-order chi connectivity index (χ0) is 21.6. The molecule has 0 N–H and O–H groups in total. The lowest BCUT2D eigenvalue weighted by Crippen LogP contribution is -2.52. The van der Waals surface area contributed by atoms with Gasteiger partial charge in [-0.05, 0) is 56.4 Å². The molecule has 0 unspecified atom stereocenters. The van der Waals surface area contributed by atoms with E-state index < -0.39 is 35.2 Å². The zero-order valence-electron chi connectivity index (χ0n) is 17.2. The van der Waals surface area contributed by atoms with Crippen molar-refractivity contribution in [2.24, 2.45) is 11.3 Å². The van der Waals surface area contributed by atoms with Gasteiger partial charge in [-0.2, -0.15) is 0 Å². The third-order valence-electron chi connectivity index (χ3n) is 5.26. The first-order valence-electron chi connectivity index (χ1n) is 9.79. The third kappa shape index (κ3) is 4.64. The summed E-state index contributed by atoms with van der Waals surface area (Å²) in [4.78, 5) is 38.0. The van der Waals surface area contributed by atoms with E-state index in [9.17, 15) is 14.4 Å². The highest BCUT2D eigenvalue weighted by molar-refractivity contribution is 6.30. The highest BCUT2D eigenvalue weighted by Crippen LogP contribution is 2.49. The molecule has 0 aliphatic heterocycles. The van der Waals surface area contributed by atoms with Gasteiger partial charge in [0, 0.05) is 17.0 Å². The fraction of sp³-hybridized carbons (Fsp3) is 0.500. The van der Waals surface area contributed by atoms with Crippen LogP contribution in [0.4, 0.5) is 0 Å². The summed E-state index contributed by atoms with van der Waals surface area (Å²) in [6.45, 7) is 7.43.